The number of aryl methyl sites for hydroxylation is 1. The third kappa shape index (κ3) is 5.08. The van der Waals surface area contributed by atoms with Crippen molar-refractivity contribution in [3.63, 3.8) is 0 Å². The van der Waals surface area contributed by atoms with Gasteiger partial charge in [-0.15, -0.1) is 0 Å². The van der Waals surface area contributed by atoms with E-state index in [2.05, 4.69) is 4.90 Å². The maximum absolute atomic E-state index is 13.1. The number of carboxylic acid groups (broad SMARTS) is 1. The monoisotopic (exact) mass is 297 g/mol. The number of carboxylic acids is 1. The van der Waals surface area contributed by atoms with E-state index in [1.807, 2.05) is 0 Å². The highest BCUT2D eigenvalue weighted by Crippen LogP contribution is 2.22. The Hall–Kier alpha value is -1.49. The molecule has 0 saturated carbocycles. The summed E-state index contributed by atoms with van der Waals surface area (Å²) in [7, 11) is 0. The fraction of sp³-hybridized carbons (Fsp3) is 0.562. The van der Waals surface area contributed by atoms with Crippen molar-refractivity contribution in [2.45, 2.75) is 32.1 Å². The van der Waals surface area contributed by atoms with E-state index >= 15 is 0 Å². The van der Waals surface area contributed by atoms with Gasteiger partial charge in [0.2, 0.25) is 0 Å². The molecule has 116 valence electrons. The van der Waals surface area contributed by atoms with E-state index < -0.39 is 17.6 Å². The van der Waals surface area contributed by atoms with Gasteiger partial charge in [0.25, 0.3) is 0 Å². The lowest BCUT2D eigenvalue weighted by Crippen LogP contribution is -2.36. The first-order valence-electron chi connectivity index (χ1n) is 7.42. The highest BCUT2D eigenvalue weighted by atomic mass is 19.2. The molecule has 1 aliphatic heterocycles. The van der Waals surface area contributed by atoms with Gasteiger partial charge in [-0.2, -0.15) is 0 Å². The quantitative estimate of drug-likeness (QED) is 0.877. The van der Waals surface area contributed by atoms with Gasteiger partial charge in [-0.1, -0.05) is 6.07 Å². The molecule has 1 aliphatic rings. The fourth-order valence-electron chi connectivity index (χ4n) is 2.91. The molecule has 0 unspecified atom stereocenters. The lowest BCUT2D eigenvalue weighted by atomic mass is 9.91. The maximum atomic E-state index is 13.1. The topological polar surface area (TPSA) is 40.5 Å². The van der Waals surface area contributed by atoms with Gasteiger partial charge in [0.1, 0.15) is 0 Å². The number of likely N-dealkylation sites (tertiary alicyclic amines) is 1. The van der Waals surface area contributed by atoms with E-state index in [1.54, 1.807) is 6.07 Å². The molecule has 1 heterocycles. The van der Waals surface area contributed by atoms with Crippen LogP contribution in [0.1, 0.15) is 31.2 Å². The molecule has 0 aliphatic carbocycles. The number of hydrogen-bond donors (Lipinski definition) is 1. The molecule has 21 heavy (non-hydrogen) atoms. The molecule has 1 fully saturated rings. The first-order valence-corrected chi connectivity index (χ1v) is 7.42. The van der Waals surface area contributed by atoms with Crippen molar-refractivity contribution >= 4 is 5.97 Å². The SMILES string of the molecule is O=C(O)CCN1CCC[C@H](CCc2ccc(F)c(F)c2)C1. The second-order valence-corrected chi connectivity index (χ2v) is 5.74. The molecule has 1 aromatic carbocycles. The summed E-state index contributed by atoms with van der Waals surface area (Å²) in [5.74, 6) is -1.87. The summed E-state index contributed by atoms with van der Waals surface area (Å²) in [6, 6.07) is 4.06. The van der Waals surface area contributed by atoms with Gasteiger partial charge in [-0.3, -0.25) is 4.79 Å². The Balaban J connectivity index is 1.79. The molecule has 3 nitrogen and oxygen atoms in total. The smallest absolute Gasteiger partial charge is 0.304 e. The minimum Gasteiger partial charge on any atom is -0.481 e. The minimum absolute atomic E-state index is 0.176. The largest absolute Gasteiger partial charge is 0.481 e. The predicted octanol–water partition coefficient (Wildman–Crippen LogP) is 3.08. The van der Waals surface area contributed by atoms with Gasteiger partial charge < -0.3 is 10.0 Å². The number of piperidine rings is 1. The minimum atomic E-state index is -0.809. The van der Waals surface area contributed by atoms with Crippen molar-refractivity contribution in [2.24, 2.45) is 5.92 Å². The molecule has 0 amide bonds. The molecule has 1 saturated heterocycles. The lowest BCUT2D eigenvalue weighted by Gasteiger charge is -2.32. The summed E-state index contributed by atoms with van der Waals surface area (Å²) in [5.41, 5.74) is 0.816. The zero-order valence-electron chi connectivity index (χ0n) is 12.0. The molecule has 0 radical (unpaired) electrons. The fourth-order valence-corrected chi connectivity index (χ4v) is 2.91. The van der Waals surface area contributed by atoms with Gasteiger partial charge in [0.05, 0.1) is 6.42 Å². The highest BCUT2D eigenvalue weighted by Gasteiger charge is 2.20. The molecule has 1 N–H and O–H groups in total. The maximum Gasteiger partial charge on any atom is 0.304 e. The zero-order chi connectivity index (χ0) is 15.2. The van der Waals surface area contributed by atoms with Gasteiger partial charge in [0.15, 0.2) is 11.6 Å². The predicted molar refractivity (Wildman–Crippen MR) is 76.1 cm³/mol. The number of hydrogen-bond acceptors (Lipinski definition) is 2. The summed E-state index contributed by atoms with van der Waals surface area (Å²) >= 11 is 0. The van der Waals surface area contributed by atoms with Crippen molar-refractivity contribution in [2.75, 3.05) is 19.6 Å². The highest BCUT2D eigenvalue weighted by molar-refractivity contribution is 5.66. The molecule has 5 heteroatoms. The van der Waals surface area contributed by atoms with E-state index in [9.17, 15) is 13.6 Å². The van der Waals surface area contributed by atoms with Gasteiger partial charge in [-0.05, 0) is 55.8 Å². The number of aliphatic carboxylic acids is 1. The third-order valence-electron chi connectivity index (χ3n) is 4.07. The molecular weight excluding hydrogens is 276 g/mol. The Bertz CT molecular complexity index is 493. The first-order chi connectivity index (χ1) is 10.0. The Morgan fingerprint density at radius 3 is 2.86 bits per heavy atom. The average molecular weight is 297 g/mol. The zero-order valence-corrected chi connectivity index (χ0v) is 12.0. The van der Waals surface area contributed by atoms with Crippen molar-refractivity contribution in [1.29, 1.82) is 0 Å². The standard InChI is InChI=1S/C16H21F2NO2/c17-14-6-5-12(10-15(14)18)3-4-13-2-1-8-19(11-13)9-7-16(20)21/h5-6,10,13H,1-4,7-9,11H2,(H,20,21)/t13-/m1/s1. The molecule has 2 rings (SSSR count). The number of halogens is 2. The van der Waals surface area contributed by atoms with Crippen LogP contribution in [-0.4, -0.2) is 35.6 Å². The van der Waals surface area contributed by atoms with Crippen LogP contribution in [-0.2, 0) is 11.2 Å². The molecule has 0 aromatic heterocycles. The van der Waals surface area contributed by atoms with Crippen molar-refractivity contribution in [3.8, 4) is 0 Å². The van der Waals surface area contributed by atoms with Crippen molar-refractivity contribution < 1.29 is 18.7 Å². The normalized spacial score (nSPS) is 19.6. The Morgan fingerprint density at radius 2 is 2.14 bits per heavy atom. The number of benzene rings is 1. The molecule has 1 atom stereocenters. The summed E-state index contributed by atoms with van der Waals surface area (Å²) < 4.78 is 26.0. The van der Waals surface area contributed by atoms with Crippen LogP contribution >= 0.6 is 0 Å². The van der Waals surface area contributed by atoms with Crippen LogP contribution in [0.2, 0.25) is 0 Å². The summed E-state index contributed by atoms with van der Waals surface area (Å²) in [6.07, 6.45) is 4.02. The van der Waals surface area contributed by atoms with E-state index in [0.29, 0.717) is 12.5 Å². The summed E-state index contributed by atoms with van der Waals surface area (Å²) in [4.78, 5) is 12.8. The molecule has 1 aromatic rings. The number of nitrogens with zero attached hydrogens (tertiary/aromatic N) is 1. The number of carbonyl (C=O) groups is 1. The Morgan fingerprint density at radius 1 is 1.33 bits per heavy atom. The third-order valence-corrected chi connectivity index (χ3v) is 4.07. The van der Waals surface area contributed by atoms with E-state index in [-0.39, 0.29) is 6.42 Å². The lowest BCUT2D eigenvalue weighted by molar-refractivity contribution is -0.137. The van der Waals surface area contributed by atoms with Crippen molar-refractivity contribution in [3.05, 3.63) is 35.4 Å². The van der Waals surface area contributed by atoms with Crippen LogP contribution in [0.15, 0.2) is 18.2 Å². The number of rotatable bonds is 6. The van der Waals surface area contributed by atoms with E-state index in [4.69, 9.17) is 5.11 Å². The van der Waals surface area contributed by atoms with Crippen molar-refractivity contribution in [1.82, 2.24) is 4.90 Å². The Kier molecular flexibility index (Phi) is 5.67. The average Bonchev–Trinajstić information content (AvgIpc) is 2.47. The Labute approximate surface area is 123 Å². The summed E-state index contributed by atoms with van der Waals surface area (Å²) in [6.45, 7) is 2.45. The van der Waals surface area contributed by atoms with Crippen LogP contribution < -0.4 is 0 Å². The molecule has 0 spiro atoms. The second-order valence-electron chi connectivity index (χ2n) is 5.74. The second kappa shape index (κ2) is 7.50. The molecular formula is C16H21F2NO2. The van der Waals surface area contributed by atoms with E-state index in [1.165, 1.54) is 12.1 Å². The van der Waals surface area contributed by atoms with Gasteiger partial charge in [0, 0.05) is 13.1 Å². The van der Waals surface area contributed by atoms with E-state index in [0.717, 1.165) is 44.3 Å². The van der Waals surface area contributed by atoms with Crippen LogP contribution in [0.25, 0.3) is 0 Å². The van der Waals surface area contributed by atoms with Crippen LogP contribution in [0.3, 0.4) is 0 Å². The first kappa shape index (κ1) is 15.9. The van der Waals surface area contributed by atoms with Gasteiger partial charge in [-0.25, -0.2) is 8.78 Å². The van der Waals surface area contributed by atoms with Gasteiger partial charge >= 0.3 is 5.97 Å². The molecule has 0 bridgehead atoms. The van der Waals surface area contributed by atoms with Crippen LogP contribution in [0.4, 0.5) is 8.78 Å². The van der Waals surface area contributed by atoms with Crippen LogP contribution in [0.5, 0.6) is 0 Å². The van der Waals surface area contributed by atoms with Crippen LogP contribution in [0, 0.1) is 17.6 Å². The summed E-state index contributed by atoms with van der Waals surface area (Å²) in [5, 5.41) is 8.72.